The summed E-state index contributed by atoms with van der Waals surface area (Å²) in [6.45, 7) is 6.68. The molecule has 0 spiro atoms. The van der Waals surface area contributed by atoms with Gasteiger partial charge >= 0.3 is 0 Å². The van der Waals surface area contributed by atoms with Crippen molar-refractivity contribution < 1.29 is 8.78 Å². The molecule has 0 fully saturated rings. The highest BCUT2D eigenvalue weighted by molar-refractivity contribution is 7.10. The van der Waals surface area contributed by atoms with E-state index in [2.05, 4.69) is 25.2 Å². The molecular formula is C16H19F2NS. The molecule has 4 heteroatoms. The molecule has 0 amide bonds. The van der Waals surface area contributed by atoms with Crippen molar-refractivity contribution in [2.45, 2.75) is 32.2 Å². The average molecular weight is 295 g/mol. The first-order valence-electron chi connectivity index (χ1n) is 6.63. The maximum absolute atomic E-state index is 13.7. The molecule has 2 rings (SSSR count). The fraction of sp³-hybridized carbons (Fsp3) is 0.375. The van der Waals surface area contributed by atoms with Crippen LogP contribution in [-0.4, -0.2) is 6.54 Å². The van der Waals surface area contributed by atoms with E-state index in [1.165, 1.54) is 23.1 Å². The van der Waals surface area contributed by atoms with Crippen LogP contribution in [0.2, 0.25) is 0 Å². The van der Waals surface area contributed by atoms with E-state index in [0.29, 0.717) is 6.54 Å². The predicted molar refractivity (Wildman–Crippen MR) is 80.1 cm³/mol. The van der Waals surface area contributed by atoms with Gasteiger partial charge in [-0.2, -0.15) is 0 Å². The molecule has 1 atom stereocenters. The zero-order valence-electron chi connectivity index (χ0n) is 11.9. The van der Waals surface area contributed by atoms with Gasteiger partial charge in [-0.1, -0.05) is 26.0 Å². The molecule has 0 bridgehead atoms. The summed E-state index contributed by atoms with van der Waals surface area (Å²) in [5.41, 5.74) is 0.0407. The first-order valence-corrected chi connectivity index (χ1v) is 7.51. The van der Waals surface area contributed by atoms with E-state index in [1.807, 2.05) is 11.4 Å². The minimum absolute atomic E-state index is 0.0653. The van der Waals surface area contributed by atoms with Gasteiger partial charge in [0.15, 0.2) is 0 Å². The molecule has 1 heterocycles. The van der Waals surface area contributed by atoms with E-state index in [-0.39, 0.29) is 17.0 Å². The van der Waals surface area contributed by atoms with Crippen LogP contribution in [0.1, 0.15) is 37.3 Å². The van der Waals surface area contributed by atoms with Crippen molar-refractivity contribution >= 4 is 11.3 Å². The lowest BCUT2D eigenvalue weighted by Crippen LogP contribution is -2.34. The van der Waals surface area contributed by atoms with Gasteiger partial charge in [-0.25, -0.2) is 8.78 Å². The van der Waals surface area contributed by atoms with Crippen LogP contribution in [0.3, 0.4) is 0 Å². The maximum atomic E-state index is 13.7. The van der Waals surface area contributed by atoms with Crippen LogP contribution in [0.15, 0.2) is 35.7 Å². The van der Waals surface area contributed by atoms with Gasteiger partial charge in [0.25, 0.3) is 0 Å². The topological polar surface area (TPSA) is 12.0 Å². The lowest BCUT2D eigenvalue weighted by atomic mass is 9.91. The first-order chi connectivity index (χ1) is 9.42. The minimum Gasteiger partial charge on any atom is -0.309 e. The lowest BCUT2D eigenvalue weighted by Gasteiger charge is -2.26. The van der Waals surface area contributed by atoms with Crippen molar-refractivity contribution in [1.29, 1.82) is 0 Å². The van der Waals surface area contributed by atoms with Crippen LogP contribution in [0.5, 0.6) is 0 Å². The molecular weight excluding hydrogens is 276 g/mol. The third-order valence-electron chi connectivity index (χ3n) is 3.47. The molecule has 2 aromatic rings. The predicted octanol–water partition coefficient (Wildman–Crippen LogP) is 4.65. The molecule has 20 heavy (non-hydrogen) atoms. The Morgan fingerprint density at radius 2 is 1.80 bits per heavy atom. The third-order valence-corrected chi connectivity index (χ3v) is 4.71. The minimum atomic E-state index is -0.501. The highest BCUT2D eigenvalue weighted by Gasteiger charge is 2.24. The van der Waals surface area contributed by atoms with Gasteiger partial charge in [0.1, 0.15) is 11.6 Å². The number of rotatable bonds is 5. The summed E-state index contributed by atoms with van der Waals surface area (Å²) in [6.07, 6.45) is 0. The molecule has 1 unspecified atom stereocenters. The second-order valence-electron chi connectivity index (χ2n) is 5.60. The van der Waals surface area contributed by atoms with E-state index in [0.717, 1.165) is 0 Å². The first kappa shape index (κ1) is 15.1. The Kier molecular flexibility index (Phi) is 4.55. The van der Waals surface area contributed by atoms with Crippen LogP contribution in [0, 0.1) is 11.6 Å². The molecule has 1 N–H and O–H groups in total. The largest absolute Gasteiger partial charge is 0.309 e. The lowest BCUT2D eigenvalue weighted by molar-refractivity contribution is 0.421. The quantitative estimate of drug-likeness (QED) is 0.846. The van der Waals surface area contributed by atoms with Crippen molar-refractivity contribution in [2.75, 3.05) is 6.54 Å². The van der Waals surface area contributed by atoms with Crippen molar-refractivity contribution in [3.63, 3.8) is 0 Å². The molecule has 108 valence electrons. The zero-order valence-corrected chi connectivity index (χ0v) is 12.7. The molecule has 0 radical (unpaired) electrons. The average Bonchev–Trinajstić information content (AvgIpc) is 2.91. The Hall–Kier alpha value is -1.26. The number of halogens is 2. The molecule has 0 saturated heterocycles. The van der Waals surface area contributed by atoms with E-state index in [4.69, 9.17) is 0 Å². The standard InChI is InChI=1S/C16H19F2NS/c1-11(15-12(17)6-4-7-13(15)18)19-10-16(2,3)14-8-5-9-20-14/h4-9,11,19H,10H2,1-3H3. The Labute approximate surface area is 122 Å². The smallest absolute Gasteiger partial charge is 0.130 e. The second kappa shape index (κ2) is 6.02. The molecule has 0 saturated carbocycles. The van der Waals surface area contributed by atoms with Crippen molar-refractivity contribution in [1.82, 2.24) is 5.32 Å². The third kappa shape index (κ3) is 3.25. The van der Waals surface area contributed by atoms with E-state index in [1.54, 1.807) is 18.3 Å². The number of hydrogen-bond donors (Lipinski definition) is 1. The van der Waals surface area contributed by atoms with Gasteiger partial charge in [0.05, 0.1) is 0 Å². The van der Waals surface area contributed by atoms with Crippen LogP contribution >= 0.6 is 11.3 Å². The Morgan fingerprint density at radius 3 is 2.35 bits per heavy atom. The monoisotopic (exact) mass is 295 g/mol. The van der Waals surface area contributed by atoms with E-state index < -0.39 is 11.6 Å². The summed E-state index contributed by atoms with van der Waals surface area (Å²) in [4.78, 5) is 1.26. The van der Waals surface area contributed by atoms with Gasteiger partial charge in [-0.15, -0.1) is 11.3 Å². The normalized spacial score (nSPS) is 13.4. The maximum Gasteiger partial charge on any atom is 0.130 e. The fourth-order valence-electron chi connectivity index (χ4n) is 2.19. The molecule has 0 aliphatic carbocycles. The number of hydrogen-bond acceptors (Lipinski definition) is 2. The van der Waals surface area contributed by atoms with Crippen LogP contribution in [-0.2, 0) is 5.41 Å². The summed E-state index contributed by atoms with van der Waals surface area (Å²) in [5, 5.41) is 5.27. The Balaban J connectivity index is 2.07. The highest BCUT2D eigenvalue weighted by Crippen LogP contribution is 2.28. The van der Waals surface area contributed by atoms with E-state index >= 15 is 0 Å². The van der Waals surface area contributed by atoms with Gasteiger partial charge < -0.3 is 5.32 Å². The van der Waals surface area contributed by atoms with Gasteiger partial charge in [0.2, 0.25) is 0 Å². The Morgan fingerprint density at radius 1 is 1.15 bits per heavy atom. The van der Waals surface area contributed by atoms with Crippen LogP contribution < -0.4 is 5.32 Å². The summed E-state index contributed by atoms with van der Waals surface area (Å²) < 4.78 is 27.4. The number of nitrogens with one attached hydrogen (secondary N) is 1. The van der Waals surface area contributed by atoms with E-state index in [9.17, 15) is 8.78 Å². The second-order valence-corrected chi connectivity index (χ2v) is 6.55. The Bertz CT molecular complexity index is 544. The summed E-state index contributed by atoms with van der Waals surface area (Å²) in [5.74, 6) is -1.00. The van der Waals surface area contributed by atoms with Gasteiger partial charge in [0, 0.05) is 28.4 Å². The highest BCUT2D eigenvalue weighted by atomic mass is 32.1. The molecule has 1 aromatic heterocycles. The SMILES string of the molecule is CC(NCC(C)(C)c1cccs1)c1c(F)cccc1F. The molecule has 0 aliphatic rings. The zero-order chi connectivity index (χ0) is 14.8. The molecule has 1 nitrogen and oxygen atoms in total. The number of benzene rings is 1. The molecule has 1 aromatic carbocycles. The van der Waals surface area contributed by atoms with Crippen molar-refractivity contribution in [3.05, 3.63) is 57.8 Å². The summed E-state index contributed by atoms with van der Waals surface area (Å²) in [6, 6.07) is 7.70. The van der Waals surface area contributed by atoms with Gasteiger partial charge in [-0.3, -0.25) is 0 Å². The van der Waals surface area contributed by atoms with Crippen molar-refractivity contribution in [2.24, 2.45) is 0 Å². The van der Waals surface area contributed by atoms with Gasteiger partial charge in [-0.05, 0) is 30.5 Å². The summed E-state index contributed by atoms with van der Waals surface area (Å²) in [7, 11) is 0. The molecule has 0 aliphatic heterocycles. The number of thiophene rings is 1. The van der Waals surface area contributed by atoms with Crippen molar-refractivity contribution in [3.8, 4) is 0 Å². The van der Waals surface area contributed by atoms with Crippen LogP contribution in [0.25, 0.3) is 0 Å². The van der Waals surface area contributed by atoms with Crippen LogP contribution in [0.4, 0.5) is 8.78 Å². The fourth-order valence-corrected chi connectivity index (χ4v) is 3.04. The summed E-state index contributed by atoms with van der Waals surface area (Å²) >= 11 is 1.70.